The highest BCUT2D eigenvalue weighted by molar-refractivity contribution is 7.59. The number of terminal acetylenes is 1. The van der Waals surface area contributed by atoms with Gasteiger partial charge >= 0.3 is 0 Å². The van der Waals surface area contributed by atoms with Gasteiger partial charge in [0, 0.05) is 24.8 Å². The fourth-order valence-electron chi connectivity index (χ4n) is 1.67. The van der Waals surface area contributed by atoms with E-state index in [4.69, 9.17) is 10.9 Å². The fraction of sp³-hybridized carbons (Fsp3) is 0.778. The second kappa shape index (κ2) is 2.91. The van der Waals surface area contributed by atoms with Crippen LogP contribution in [0.2, 0.25) is 0 Å². The molecule has 0 aromatic carbocycles. The van der Waals surface area contributed by atoms with Gasteiger partial charge in [-0.2, -0.15) is 0 Å². The average Bonchev–Trinajstić information content (AvgIpc) is 2.25. The molecule has 2 nitrogen and oxygen atoms in total. The normalized spacial score (nSPS) is 47.3. The highest BCUT2D eigenvalue weighted by atomic mass is 31.2. The van der Waals surface area contributed by atoms with Crippen molar-refractivity contribution in [2.45, 2.75) is 13.8 Å². The lowest BCUT2D eigenvalue weighted by Crippen LogP contribution is -2.20. The van der Waals surface area contributed by atoms with Crippen LogP contribution in [0.3, 0.4) is 0 Å². The Morgan fingerprint density at radius 3 is 2.58 bits per heavy atom. The summed E-state index contributed by atoms with van der Waals surface area (Å²) >= 11 is 0. The quantitative estimate of drug-likeness (QED) is 0.463. The average molecular weight is 186 g/mol. The third-order valence-corrected chi connectivity index (χ3v) is 5.78. The molecule has 0 saturated carbocycles. The van der Waals surface area contributed by atoms with E-state index in [2.05, 4.69) is 5.92 Å². The van der Waals surface area contributed by atoms with Gasteiger partial charge in [-0.15, -0.1) is 6.42 Å². The van der Waals surface area contributed by atoms with Crippen LogP contribution >= 0.6 is 7.37 Å². The van der Waals surface area contributed by atoms with Crippen LogP contribution in [0.15, 0.2) is 0 Å². The van der Waals surface area contributed by atoms with E-state index in [0.717, 1.165) is 0 Å². The molecule has 0 amide bonds. The maximum atomic E-state index is 11.8. The molecule has 1 rings (SSSR count). The van der Waals surface area contributed by atoms with Crippen LogP contribution in [-0.2, 0) is 9.09 Å². The van der Waals surface area contributed by atoms with E-state index in [-0.39, 0.29) is 5.41 Å². The van der Waals surface area contributed by atoms with Crippen molar-refractivity contribution in [1.29, 1.82) is 0 Å². The van der Waals surface area contributed by atoms with Crippen LogP contribution in [-0.4, -0.2) is 19.4 Å². The molecule has 0 aromatic rings. The molecule has 0 radical (unpaired) electrons. The first-order chi connectivity index (χ1) is 5.46. The predicted molar refractivity (Wildman–Crippen MR) is 50.5 cm³/mol. The van der Waals surface area contributed by atoms with Gasteiger partial charge in [0.1, 0.15) is 0 Å². The first kappa shape index (κ1) is 9.84. The predicted octanol–water partition coefficient (Wildman–Crippen LogP) is 2.20. The van der Waals surface area contributed by atoms with Crippen LogP contribution in [0.4, 0.5) is 0 Å². The Kier molecular flexibility index (Phi) is 2.38. The summed E-state index contributed by atoms with van der Waals surface area (Å²) in [6.45, 7) is 4.02. The molecule has 68 valence electrons. The summed E-state index contributed by atoms with van der Waals surface area (Å²) in [7, 11) is -0.878. The molecule has 1 aliphatic rings. The van der Waals surface area contributed by atoms with Crippen molar-refractivity contribution in [3.8, 4) is 12.3 Å². The summed E-state index contributed by atoms with van der Waals surface area (Å²) in [6.07, 6.45) is 6.57. The van der Waals surface area contributed by atoms with Crippen LogP contribution in [0.5, 0.6) is 0 Å². The molecule has 1 saturated heterocycles. The zero-order chi connectivity index (χ0) is 9.41. The summed E-state index contributed by atoms with van der Waals surface area (Å²) in [4.78, 5) is 0. The van der Waals surface area contributed by atoms with E-state index in [1.807, 2.05) is 13.8 Å². The lowest BCUT2D eigenvalue weighted by Gasteiger charge is -2.20. The highest BCUT2D eigenvalue weighted by Crippen LogP contribution is 2.61. The molecule has 0 spiro atoms. The minimum absolute atomic E-state index is 0.231. The van der Waals surface area contributed by atoms with Crippen molar-refractivity contribution in [2.24, 2.45) is 11.3 Å². The lowest BCUT2D eigenvalue weighted by atomic mass is 9.82. The summed E-state index contributed by atoms with van der Waals surface area (Å²) in [5, 5.41) is 0. The smallest absolute Gasteiger partial charge is 0.204 e. The Balaban J connectivity index is 2.91. The summed E-state index contributed by atoms with van der Waals surface area (Å²) < 4.78 is 16.9. The lowest BCUT2D eigenvalue weighted by molar-refractivity contribution is 0.380. The minimum Gasteiger partial charge on any atom is -0.332 e. The van der Waals surface area contributed by atoms with E-state index in [0.29, 0.717) is 18.2 Å². The maximum absolute atomic E-state index is 11.8. The van der Waals surface area contributed by atoms with Crippen LogP contribution in [0.25, 0.3) is 0 Å². The van der Waals surface area contributed by atoms with E-state index >= 15 is 0 Å². The zero-order valence-electron chi connectivity index (χ0n) is 7.83. The van der Waals surface area contributed by atoms with Crippen molar-refractivity contribution in [3.05, 3.63) is 0 Å². The van der Waals surface area contributed by atoms with Gasteiger partial charge in [0.2, 0.25) is 7.37 Å². The molecular weight excluding hydrogens is 171 g/mol. The zero-order valence-corrected chi connectivity index (χ0v) is 8.73. The molecular formula is C9H15O2P. The fourth-order valence-corrected chi connectivity index (χ4v) is 4.72. The van der Waals surface area contributed by atoms with Crippen molar-refractivity contribution < 1.29 is 9.09 Å². The molecule has 3 unspecified atom stereocenters. The van der Waals surface area contributed by atoms with E-state index < -0.39 is 7.37 Å². The van der Waals surface area contributed by atoms with Gasteiger partial charge in [-0.25, -0.2) is 0 Å². The SMILES string of the molecule is C#CC1(C)CP(=O)(OC)CC1C. The molecule has 1 heterocycles. The number of hydrogen-bond donors (Lipinski definition) is 0. The largest absolute Gasteiger partial charge is 0.332 e. The number of hydrogen-bond acceptors (Lipinski definition) is 2. The van der Waals surface area contributed by atoms with Crippen LogP contribution in [0.1, 0.15) is 13.8 Å². The van der Waals surface area contributed by atoms with E-state index in [1.165, 1.54) is 7.11 Å². The van der Waals surface area contributed by atoms with Crippen molar-refractivity contribution in [3.63, 3.8) is 0 Å². The molecule has 3 atom stereocenters. The molecule has 0 bridgehead atoms. The first-order valence-corrected chi connectivity index (χ1v) is 6.07. The van der Waals surface area contributed by atoms with Crippen molar-refractivity contribution in [1.82, 2.24) is 0 Å². The second-order valence-electron chi connectivity index (χ2n) is 3.80. The summed E-state index contributed by atoms with van der Waals surface area (Å²) in [5.41, 5.74) is -0.231. The molecule has 0 aromatic heterocycles. The Bertz CT molecular complexity index is 266. The van der Waals surface area contributed by atoms with Gasteiger partial charge in [0.25, 0.3) is 0 Å². The molecule has 3 heteroatoms. The third-order valence-electron chi connectivity index (χ3n) is 2.87. The van der Waals surface area contributed by atoms with E-state index in [9.17, 15) is 4.57 Å². The first-order valence-electron chi connectivity index (χ1n) is 4.07. The minimum atomic E-state index is -2.39. The maximum Gasteiger partial charge on any atom is 0.204 e. The molecule has 0 aliphatic carbocycles. The topological polar surface area (TPSA) is 26.3 Å². The number of rotatable bonds is 1. The van der Waals surface area contributed by atoms with Crippen molar-refractivity contribution >= 4 is 7.37 Å². The molecule has 1 aliphatic heterocycles. The van der Waals surface area contributed by atoms with Crippen LogP contribution < -0.4 is 0 Å². The molecule has 12 heavy (non-hydrogen) atoms. The van der Waals surface area contributed by atoms with E-state index in [1.54, 1.807) is 0 Å². The van der Waals surface area contributed by atoms with Gasteiger partial charge < -0.3 is 4.52 Å². The second-order valence-corrected chi connectivity index (χ2v) is 6.48. The standard InChI is InChI=1S/C9H15O2P/c1-5-9(3)7-12(10,11-4)6-8(9)2/h1,8H,6-7H2,2-4H3. The summed E-state index contributed by atoms with van der Waals surface area (Å²) in [5.74, 6) is 3.03. The van der Waals surface area contributed by atoms with Gasteiger partial charge in [-0.3, -0.25) is 4.57 Å². The Hall–Kier alpha value is -0.250. The Morgan fingerprint density at radius 1 is 1.75 bits per heavy atom. The van der Waals surface area contributed by atoms with Gasteiger partial charge in [-0.1, -0.05) is 12.8 Å². The monoisotopic (exact) mass is 186 g/mol. The Morgan fingerprint density at radius 2 is 2.33 bits per heavy atom. The van der Waals surface area contributed by atoms with Gasteiger partial charge in [0.05, 0.1) is 0 Å². The highest BCUT2D eigenvalue weighted by Gasteiger charge is 2.47. The van der Waals surface area contributed by atoms with Gasteiger partial charge in [0.15, 0.2) is 0 Å². The third kappa shape index (κ3) is 1.44. The molecule has 1 fully saturated rings. The van der Waals surface area contributed by atoms with Crippen LogP contribution in [0, 0.1) is 23.7 Å². The summed E-state index contributed by atoms with van der Waals surface area (Å²) in [6, 6.07) is 0. The van der Waals surface area contributed by atoms with Gasteiger partial charge in [-0.05, 0) is 12.8 Å². The van der Waals surface area contributed by atoms with Crippen molar-refractivity contribution in [2.75, 3.05) is 19.4 Å². The molecule has 0 N–H and O–H groups in total. The Labute approximate surface area is 74.1 Å².